The smallest absolute Gasteiger partial charge is 0.243 e. The van der Waals surface area contributed by atoms with Crippen molar-refractivity contribution in [2.75, 3.05) is 13.1 Å². The zero-order chi connectivity index (χ0) is 21.7. The van der Waals surface area contributed by atoms with Crippen molar-refractivity contribution in [2.24, 2.45) is 5.92 Å². The molecule has 0 bridgehead atoms. The summed E-state index contributed by atoms with van der Waals surface area (Å²) in [4.78, 5) is 17.2. The summed E-state index contributed by atoms with van der Waals surface area (Å²) in [6.45, 7) is 4.70. The summed E-state index contributed by atoms with van der Waals surface area (Å²) in [7, 11) is -3.63. The lowest BCUT2D eigenvalue weighted by molar-refractivity contribution is -0.126. The van der Waals surface area contributed by atoms with Gasteiger partial charge in [0.1, 0.15) is 0 Å². The standard InChI is InChI=1S/C21H26BrN3O4S/c1-15(2)29-21-16(5-3-11-23-21)13-24-20(26)17-6-4-12-25(14-17)30(27,28)19-9-7-18(22)8-10-19/h3,5,7-11,15,17H,4,6,12-14H2,1-2H3,(H,24,26). The number of pyridine rings is 1. The summed E-state index contributed by atoms with van der Waals surface area (Å²) < 4.78 is 33.8. The normalized spacial score (nSPS) is 17.7. The van der Waals surface area contributed by atoms with Crippen molar-refractivity contribution in [2.45, 2.75) is 44.2 Å². The van der Waals surface area contributed by atoms with Crippen molar-refractivity contribution in [1.29, 1.82) is 0 Å². The number of carbonyl (C=O) groups excluding carboxylic acids is 1. The van der Waals surface area contributed by atoms with Crippen LogP contribution in [-0.2, 0) is 21.4 Å². The second kappa shape index (κ2) is 9.89. The van der Waals surface area contributed by atoms with Crippen LogP contribution in [0, 0.1) is 5.92 Å². The largest absolute Gasteiger partial charge is 0.475 e. The van der Waals surface area contributed by atoms with Gasteiger partial charge in [-0.1, -0.05) is 22.0 Å². The van der Waals surface area contributed by atoms with Crippen LogP contribution in [0.25, 0.3) is 0 Å². The number of carbonyl (C=O) groups is 1. The third kappa shape index (κ3) is 5.59. The molecule has 1 aromatic heterocycles. The molecule has 0 radical (unpaired) electrons. The number of halogens is 1. The number of piperidine rings is 1. The van der Waals surface area contributed by atoms with Crippen LogP contribution in [0.5, 0.6) is 5.88 Å². The molecular formula is C21H26BrN3O4S. The number of ether oxygens (including phenoxy) is 1. The Bertz CT molecular complexity index is 980. The summed E-state index contributed by atoms with van der Waals surface area (Å²) in [5.41, 5.74) is 0.787. The molecule has 2 aromatic rings. The summed E-state index contributed by atoms with van der Waals surface area (Å²) in [5, 5.41) is 2.91. The Labute approximate surface area is 186 Å². The maximum absolute atomic E-state index is 12.9. The van der Waals surface area contributed by atoms with E-state index in [1.165, 1.54) is 4.31 Å². The minimum atomic E-state index is -3.63. The molecule has 1 atom stereocenters. The van der Waals surface area contributed by atoms with Crippen LogP contribution in [0.2, 0.25) is 0 Å². The number of sulfonamides is 1. The number of nitrogens with one attached hydrogen (secondary N) is 1. The predicted octanol–water partition coefficient (Wildman–Crippen LogP) is 3.35. The molecule has 7 nitrogen and oxygen atoms in total. The maximum atomic E-state index is 12.9. The van der Waals surface area contributed by atoms with E-state index < -0.39 is 15.9 Å². The fraction of sp³-hybridized carbons (Fsp3) is 0.429. The third-order valence-corrected chi connectivity index (χ3v) is 7.26. The monoisotopic (exact) mass is 495 g/mol. The van der Waals surface area contributed by atoms with Crippen molar-refractivity contribution >= 4 is 31.9 Å². The van der Waals surface area contributed by atoms with Crippen LogP contribution < -0.4 is 10.1 Å². The highest BCUT2D eigenvalue weighted by atomic mass is 79.9. The first kappa shape index (κ1) is 22.7. The predicted molar refractivity (Wildman–Crippen MR) is 117 cm³/mol. The van der Waals surface area contributed by atoms with Gasteiger partial charge < -0.3 is 10.1 Å². The van der Waals surface area contributed by atoms with Gasteiger partial charge in [0.2, 0.25) is 21.8 Å². The van der Waals surface area contributed by atoms with E-state index in [4.69, 9.17) is 4.74 Å². The number of nitrogens with zero attached hydrogens (tertiary/aromatic N) is 2. The van der Waals surface area contributed by atoms with Gasteiger partial charge >= 0.3 is 0 Å². The lowest BCUT2D eigenvalue weighted by Gasteiger charge is -2.31. The molecule has 162 valence electrons. The molecule has 30 heavy (non-hydrogen) atoms. The zero-order valence-electron chi connectivity index (χ0n) is 17.0. The first-order valence-corrected chi connectivity index (χ1v) is 12.1. The van der Waals surface area contributed by atoms with E-state index in [2.05, 4.69) is 26.2 Å². The summed E-state index contributed by atoms with van der Waals surface area (Å²) >= 11 is 3.32. The lowest BCUT2D eigenvalue weighted by atomic mass is 9.99. The summed E-state index contributed by atoms with van der Waals surface area (Å²) in [6, 6.07) is 10.2. The van der Waals surface area contributed by atoms with Crippen LogP contribution in [0.3, 0.4) is 0 Å². The Morgan fingerprint density at radius 1 is 1.30 bits per heavy atom. The van der Waals surface area contributed by atoms with Crippen molar-refractivity contribution in [3.63, 3.8) is 0 Å². The third-order valence-electron chi connectivity index (χ3n) is 4.86. The van der Waals surface area contributed by atoms with Crippen LogP contribution in [-0.4, -0.2) is 42.8 Å². The molecule has 1 N–H and O–H groups in total. The first-order valence-electron chi connectivity index (χ1n) is 9.91. The van der Waals surface area contributed by atoms with Gasteiger partial charge in [0.25, 0.3) is 0 Å². The highest BCUT2D eigenvalue weighted by Crippen LogP contribution is 2.25. The Morgan fingerprint density at radius 3 is 2.73 bits per heavy atom. The van der Waals surface area contributed by atoms with Crippen molar-refractivity contribution in [1.82, 2.24) is 14.6 Å². The van der Waals surface area contributed by atoms with E-state index in [0.717, 1.165) is 10.0 Å². The van der Waals surface area contributed by atoms with E-state index in [9.17, 15) is 13.2 Å². The average Bonchev–Trinajstić information content (AvgIpc) is 2.73. The number of hydrogen-bond donors (Lipinski definition) is 1. The van der Waals surface area contributed by atoms with Crippen LogP contribution >= 0.6 is 15.9 Å². The van der Waals surface area contributed by atoms with Gasteiger partial charge in [0.15, 0.2) is 0 Å². The minimum Gasteiger partial charge on any atom is -0.475 e. The summed E-state index contributed by atoms with van der Waals surface area (Å²) in [6.07, 6.45) is 2.92. The van der Waals surface area contributed by atoms with Gasteiger partial charge in [-0.15, -0.1) is 0 Å². The maximum Gasteiger partial charge on any atom is 0.243 e. The number of aromatic nitrogens is 1. The van der Waals surface area contributed by atoms with Gasteiger partial charge in [-0.2, -0.15) is 4.31 Å². The Hall–Kier alpha value is -1.97. The molecule has 0 spiro atoms. The topological polar surface area (TPSA) is 88.6 Å². The van der Waals surface area contributed by atoms with E-state index in [1.54, 1.807) is 36.5 Å². The average molecular weight is 496 g/mol. The molecule has 2 heterocycles. The molecule has 0 saturated carbocycles. The molecular weight excluding hydrogens is 470 g/mol. The first-order chi connectivity index (χ1) is 14.3. The van der Waals surface area contributed by atoms with E-state index >= 15 is 0 Å². The molecule has 0 aliphatic carbocycles. The van der Waals surface area contributed by atoms with Gasteiger partial charge in [0, 0.05) is 35.9 Å². The van der Waals surface area contributed by atoms with Crippen molar-refractivity contribution in [3.8, 4) is 5.88 Å². The molecule has 1 fully saturated rings. The molecule has 1 amide bonds. The van der Waals surface area contributed by atoms with Crippen molar-refractivity contribution in [3.05, 3.63) is 52.6 Å². The van der Waals surface area contributed by atoms with Gasteiger partial charge in [-0.3, -0.25) is 4.79 Å². The second-order valence-electron chi connectivity index (χ2n) is 7.51. The molecule has 1 saturated heterocycles. The fourth-order valence-corrected chi connectivity index (χ4v) is 5.13. The fourth-order valence-electron chi connectivity index (χ4n) is 3.35. The molecule has 1 unspecified atom stereocenters. The minimum absolute atomic E-state index is 0.0231. The molecule has 9 heteroatoms. The van der Waals surface area contributed by atoms with Crippen molar-refractivity contribution < 1.29 is 17.9 Å². The van der Waals surface area contributed by atoms with Gasteiger partial charge in [-0.25, -0.2) is 13.4 Å². The number of benzene rings is 1. The van der Waals surface area contributed by atoms with Crippen LogP contribution in [0.1, 0.15) is 32.3 Å². The number of amides is 1. The summed E-state index contributed by atoms with van der Waals surface area (Å²) in [5.74, 6) is -0.0592. The van der Waals surface area contributed by atoms with E-state index in [-0.39, 0.29) is 30.0 Å². The lowest BCUT2D eigenvalue weighted by Crippen LogP contribution is -2.45. The second-order valence-corrected chi connectivity index (χ2v) is 10.4. The van der Waals surface area contributed by atoms with E-state index in [0.29, 0.717) is 25.3 Å². The molecule has 1 aromatic carbocycles. The SMILES string of the molecule is CC(C)Oc1ncccc1CNC(=O)C1CCCN(S(=O)(=O)c2ccc(Br)cc2)C1. The Kier molecular flexibility index (Phi) is 7.49. The Balaban J connectivity index is 1.64. The molecule has 1 aliphatic rings. The Morgan fingerprint density at radius 2 is 2.03 bits per heavy atom. The highest BCUT2D eigenvalue weighted by Gasteiger charge is 2.33. The zero-order valence-corrected chi connectivity index (χ0v) is 19.4. The van der Waals surface area contributed by atoms with Crippen LogP contribution in [0.15, 0.2) is 52.0 Å². The quantitative estimate of drug-likeness (QED) is 0.635. The van der Waals surface area contributed by atoms with Gasteiger partial charge in [0.05, 0.1) is 16.9 Å². The molecule has 1 aliphatic heterocycles. The van der Waals surface area contributed by atoms with Crippen LogP contribution in [0.4, 0.5) is 0 Å². The van der Waals surface area contributed by atoms with Gasteiger partial charge in [-0.05, 0) is 57.0 Å². The number of rotatable bonds is 7. The van der Waals surface area contributed by atoms with E-state index in [1.807, 2.05) is 19.9 Å². The number of hydrogen-bond acceptors (Lipinski definition) is 5. The highest BCUT2D eigenvalue weighted by molar-refractivity contribution is 9.10. The molecule has 3 rings (SSSR count).